The molecule has 0 amide bonds. The normalized spacial score (nSPS) is 36.9. The first-order chi connectivity index (χ1) is 7.85. The highest BCUT2D eigenvalue weighted by Gasteiger charge is 2.63. The van der Waals surface area contributed by atoms with Crippen molar-refractivity contribution in [1.82, 2.24) is 0 Å². The van der Waals surface area contributed by atoms with Crippen LogP contribution in [0.1, 0.15) is 29.4 Å². The Morgan fingerprint density at radius 3 is 1.94 bits per heavy atom. The number of epoxide rings is 1. The number of hydrogen-bond donors (Lipinski definition) is 0. The average Bonchev–Trinajstić information content (AvgIpc) is 2.94. The van der Waals surface area contributed by atoms with Gasteiger partial charge in [0.1, 0.15) is 11.5 Å². The van der Waals surface area contributed by atoms with Gasteiger partial charge in [0.15, 0.2) is 0 Å². The Labute approximate surface area is 94.3 Å². The molecule has 16 heavy (non-hydrogen) atoms. The van der Waals surface area contributed by atoms with Crippen LogP contribution in [0.5, 0.6) is 11.5 Å². The van der Waals surface area contributed by atoms with Gasteiger partial charge in [-0.25, -0.2) is 0 Å². The number of rotatable bonds is 2. The molecule has 0 aromatic heterocycles. The smallest absolute Gasteiger partial charge is 0.122 e. The highest BCUT2D eigenvalue weighted by atomic mass is 16.6. The second kappa shape index (κ2) is 2.72. The van der Waals surface area contributed by atoms with Gasteiger partial charge in [0, 0.05) is 23.0 Å². The van der Waals surface area contributed by atoms with Gasteiger partial charge in [0.25, 0.3) is 0 Å². The molecule has 1 heterocycles. The van der Waals surface area contributed by atoms with Gasteiger partial charge in [-0.3, -0.25) is 0 Å². The SMILES string of the molecule is COc1ccc(OC)c2c1[C@H]1C[C@H]2[C@H]2O[C@@H]21. The summed E-state index contributed by atoms with van der Waals surface area (Å²) in [6.45, 7) is 0. The van der Waals surface area contributed by atoms with Crippen molar-refractivity contribution in [2.75, 3.05) is 14.2 Å². The molecule has 84 valence electrons. The molecule has 0 spiro atoms. The third-order valence-corrected chi connectivity index (χ3v) is 4.25. The second-order valence-electron chi connectivity index (χ2n) is 4.81. The standard InChI is InChI=1S/C13H14O3/c1-14-8-3-4-9(15-2)11-7-5-6(10(8)11)12-13(7)16-12/h3-4,6-7,12-13H,5H2,1-2H3/t6-,7-,12-,13-/m1/s1. The van der Waals surface area contributed by atoms with Crippen molar-refractivity contribution >= 4 is 0 Å². The van der Waals surface area contributed by atoms with E-state index in [0.29, 0.717) is 24.0 Å². The highest BCUT2D eigenvalue weighted by molar-refractivity contribution is 5.60. The van der Waals surface area contributed by atoms with E-state index in [-0.39, 0.29) is 0 Å². The van der Waals surface area contributed by atoms with E-state index >= 15 is 0 Å². The first-order valence-corrected chi connectivity index (χ1v) is 5.75. The molecule has 0 N–H and O–H groups in total. The molecule has 1 aromatic carbocycles. The molecule has 2 aliphatic carbocycles. The molecule has 3 heteroatoms. The summed E-state index contributed by atoms with van der Waals surface area (Å²) < 4.78 is 16.6. The van der Waals surface area contributed by atoms with Gasteiger partial charge in [0.05, 0.1) is 26.4 Å². The van der Waals surface area contributed by atoms with Crippen molar-refractivity contribution in [2.24, 2.45) is 0 Å². The quantitative estimate of drug-likeness (QED) is 0.712. The van der Waals surface area contributed by atoms with Crippen LogP contribution in [-0.4, -0.2) is 26.4 Å². The Hall–Kier alpha value is -1.22. The van der Waals surface area contributed by atoms with Gasteiger partial charge in [-0.15, -0.1) is 0 Å². The molecule has 3 nitrogen and oxygen atoms in total. The number of hydrogen-bond acceptors (Lipinski definition) is 3. The largest absolute Gasteiger partial charge is 0.496 e. The molecule has 3 aliphatic rings. The van der Waals surface area contributed by atoms with Crippen molar-refractivity contribution in [3.05, 3.63) is 23.3 Å². The zero-order valence-electron chi connectivity index (χ0n) is 9.40. The summed E-state index contributed by atoms with van der Waals surface area (Å²) in [6.07, 6.45) is 2.12. The lowest BCUT2D eigenvalue weighted by molar-refractivity contribution is 0.294. The maximum atomic E-state index is 5.71. The Kier molecular flexibility index (Phi) is 1.51. The van der Waals surface area contributed by atoms with E-state index in [4.69, 9.17) is 14.2 Å². The fourth-order valence-electron chi connectivity index (χ4n) is 3.61. The number of fused-ring (bicyclic) bond motifs is 8. The minimum absolute atomic E-state index is 0.457. The molecular formula is C13H14O3. The fraction of sp³-hybridized carbons (Fsp3) is 0.538. The van der Waals surface area contributed by atoms with Gasteiger partial charge >= 0.3 is 0 Å². The van der Waals surface area contributed by atoms with Crippen molar-refractivity contribution < 1.29 is 14.2 Å². The molecule has 4 atom stereocenters. The molecular weight excluding hydrogens is 204 g/mol. The molecule has 0 unspecified atom stereocenters. The topological polar surface area (TPSA) is 31.0 Å². The minimum atomic E-state index is 0.457. The van der Waals surface area contributed by atoms with E-state index in [1.165, 1.54) is 17.5 Å². The lowest BCUT2D eigenvalue weighted by Gasteiger charge is -2.18. The van der Waals surface area contributed by atoms with Crippen LogP contribution in [0.4, 0.5) is 0 Å². The number of benzene rings is 1. The van der Waals surface area contributed by atoms with E-state index in [0.717, 1.165) is 11.5 Å². The van der Waals surface area contributed by atoms with Gasteiger partial charge in [-0.05, 0) is 18.6 Å². The van der Waals surface area contributed by atoms with Crippen LogP contribution < -0.4 is 9.47 Å². The highest BCUT2D eigenvalue weighted by Crippen LogP contribution is 2.66. The van der Waals surface area contributed by atoms with Gasteiger partial charge < -0.3 is 14.2 Å². The molecule has 1 aromatic rings. The first-order valence-electron chi connectivity index (χ1n) is 5.75. The van der Waals surface area contributed by atoms with Crippen molar-refractivity contribution in [3.8, 4) is 11.5 Å². The van der Waals surface area contributed by atoms with Gasteiger partial charge in [0.2, 0.25) is 0 Å². The predicted octanol–water partition coefficient (Wildman–Crippen LogP) is 2.06. The second-order valence-corrected chi connectivity index (χ2v) is 4.81. The summed E-state index contributed by atoms with van der Waals surface area (Å²) in [5.41, 5.74) is 2.68. The van der Waals surface area contributed by atoms with Crippen LogP contribution in [0.3, 0.4) is 0 Å². The number of ether oxygens (including phenoxy) is 3. The fourth-order valence-corrected chi connectivity index (χ4v) is 3.61. The molecule has 4 rings (SSSR count). The summed E-state index contributed by atoms with van der Waals surface area (Å²) in [5.74, 6) is 3.07. The van der Waals surface area contributed by atoms with E-state index in [1.807, 2.05) is 12.1 Å². The van der Waals surface area contributed by atoms with Crippen LogP contribution in [0.15, 0.2) is 12.1 Å². The molecule has 1 saturated carbocycles. The van der Waals surface area contributed by atoms with E-state index < -0.39 is 0 Å². The van der Waals surface area contributed by atoms with Crippen LogP contribution in [0.25, 0.3) is 0 Å². The number of methoxy groups -OCH3 is 2. The van der Waals surface area contributed by atoms with Crippen molar-refractivity contribution in [1.29, 1.82) is 0 Å². The lowest BCUT2D eigenvalue weighted by Crippen LogP contribution is -2.10. The Morgan fingerprint density at radius 1 is 1.00 bits per heavy atom. The van der Waals surface area contributed by atoms with Gasteiger partial charge in [-0.2, -0.15) is 0 Å². The van der Waals surface area contributed by atoms with Crippen molar-refractivity contribution in [2.45, 2.75) is 30.5 Å². The summed E-state index contributed by atoms with van der Waals surface area (Å²) in [7, 11) is 3.47. The van der Waals surface area contributed by atoms with Crippen LogP contribution in [-0.2, 0) is 4.74 Å². The summed E-state index contributed by atoms with van der Waals surface area (Å²) >= 11 is 0. The molecule has 2 bridgehead atoms. The summed E-state index contributed by atoms with van der Waals surface area (Å²) in [4.78, 5) is 0. The Morgan fingerprint density at radius 2 is 1.50 bits per heavy atom. The van der Waals surface area contributed by atoms with Crippen molar-refractivity contribution in [3.63, 3.8) is 0 Å². The summed E-state index contributed by atoms with van der Waals surface area (Å²) in [6, 6.07) is 4.02. The monoisotopic (exact) mass is 218 g/mol. The first kappa shape index (κ1) is 8.88. The van der Waals surface area contributed by atoms with Gasteiger partial charge in [-0.1, -0.05) is 0 Å². The third-order valence-electron chi connectivity index (χ3n) is 4.25. The minimum Gasteiger partial charge on any atom is -0.496 e. The lowest BCUT2D eigenvalue weighted by atomic mass is 9.90. The van der Waals surface area contributed by atoms with Crippen LogP contribution in [0.2, 0.25) is 0 Å². The zero-order chi connectivity index (χ0) is 10.9. The maximum Gasteiger partial charge on any atom is 0.122 e. The zero-order valence-corrected chi connectivity index (χ0v) is 9.40. The Bertz CT molecular complexity index is 427. The molecule has 2 fully saturated rings. The third kappa shape index (κ3) is 0.846. The van der Waals surface area contributed by atoms with Crippen LogP contribution >= 0.6 is 0 Å². The average molecular weight is 218 g/mol. The molecule has 1 saturated heterocycles. The predicted molar refractivity (Wildman–Crippen MR) is 58.3 cm³/mol. The van der Waals surface area contributed by atoms with E-state index in [1.54, 1.807) is 14.2 Å². The van der Waals surface area contributed by atoms with Crippen LogP contribution in [0, 0.1) is 0 Å². The Balaban J connectivity index is 1.96. The van der Waals surface area contributed by atoms with E-state index in [2.05, 4.69) is 0 Å². The van der Waals surface area contributed by atoms with E-state index in [9.17, 15) is 0 Å². The summed E-state index contributed by atoms with van der Waals surface area (Å²) in [5, 5.41) is 0. The maximum absolute atomic E-state index is 5.71. The molecule has 0 radical (unpaired) electrons. The molecule has 1 aliphatic heterocycles.